The lowest BCUT2D eigenvalue weighted by molar-refractivity contribution is 0.304. The third-order valence-electron chi connectivity index (χ3n) is 5.63. The number of ether oxygens (including phenoxy) is 2. The zero-order valence-corrected chi connectivity index (χ0v) is 19.7. The van der Waals surface area contributed by atoms with E-state index in [1.165, 1.54) is 32.1 Å². The topological polar surface area (TPSA) is 18.5 Å². The van der Waals surface area contributed by atoms with Gasteiger partial charge in [-0.2, -0.15) is 0 Å². The van der Waals surface area contributed by atoms with Gasteiger partial charge in [-0.1, -0.05) is 82.3 Å². The fourth-order valence-corrected chi connectivity index (χ4v) is 3.77. The van der Waals surface area contributed by atoms with Gasteiger partial charge in [-0.25, -0.2) is 8.78 Å². The van der Waals surface area contributed by atoms with Crippen LogP contribution in [0.25, 0.3) is 22.3 Å². The third-order valence-corrected chi connectivity index (χ3v) is 5.63. The van der Waals surface area contributed by atoms with E-state index in [1.54, 1.807) is 42.5 Å². The first kappa shape index (κ1) is 24.8. The summed E-state index contributed by atoms with van der Waals surface area (Å²) in [6, 6.07) is 17.5. The molecule has 3 aromatic carbocycles. The van der Waals surface area contributed by atoms with Gasteiger partial charge in [-0.3, -0.25) is 0 Å². The summed E-state index contributed by atoms with van der Waals surface area (Å²) < 4.78 is 41.4. The van der Waals surface area contributed by atoms with Crippen LogP contribution in [0.15, 0.2) is 60.7 Å². The Morgan fingerprint density at radius 2 is 1.21 bits per heavy atom. The van der Waals surface area contributed by atoms with Crippen molar-refractivity contribution >= 4 is 0 Å². The summed E-state index contributed by atoms with van der Waals surface area (Å²) in [7, 11) is 0. The fraction of sp³-hybridized carbons (Fsp3) is 0.379. The lowest BCUT2D eigenvalue weighted by Gasteiger charge is -2.12. The predicted octanol–water partition coefficient (Wildman–Crippen LogP) is 8.83. The minimum Gasteiger partial charge on any atom is -0.494 e. The molecule has 0 unspecified atom stereocenters. The Hall–Kier alpha value is -2.88. The number of rotatable bonds is 13. The monoisotopic (exact) mass is 452 g/mol. The summed E-state index contributed by atoms with van der Waals surface area (Å²) in [5.41, 5.74) is 1.66. The molecule has 0 fully saturated rings. The first-order valence-corrected chi connectivity index (χ1v) is 12.1. The standard InChI is InChI=1S/C29H34F2O2/c1-3-5-6-7-8-9-20-33-24-15-13-22(14-16-24)26-17-18-27(29(31)28(26)30)23-11-10-12-25(21-23)32-19-4-2/h10-18,21H,3-9,19-20H2,1-2H3. The molecule has 0 aliphatic rings. The number of halogens is 2. The van der Waals surface area contributed by atoms with E-state index >= 15 is 0 Å². The Labute approximate surface area is 196 Å². The zero-order valence-electron chi connectivity index (χ0n) is 19.7. The molecule has 3 aromatic rings. The molecule has 4 heteroatoms. The van der Waals surface area contributed by atoms with Gasteiger partial charge in [-0.15, -0.1) is 0 Å². The second-order valence-electron chi connectivity index (χ2n) is 8.31. The van der Waals surface area contributed by atoms with Gasteiger partial charge in [0.2, 0.25) is 0 Å². The summed E-state index contributed by atoms with van der Waals surface area (Å²) in [5, 5.41) is 0. The molecule has 33 heavy (non-hydrogen) atoms. The highest BCUT2D eigenvalue weighted by molar-refractivity contribution is 5.72. The SMILES string of the molecule is CCCCCCCCOc1ccc(-c2ccc(-c3cccc(OCCC)c3)c(F)c2F)cc1. The van der Waals surface area contributed by atoms with Crippen molar-refractivity contribution in [1.29, 1.82) is 0 Å². The highest BCUT2D eigenvalue weighted by atomic mass is 19.2. The Balaban J connectivity index is 1.65. The summed E-state index contributed by atoms with van der Waals surface area (Å²) in [4.78, 5) is 0. The van der Waals surface area contributed by atoms with Crippen molar-refractivity contribution in [2.45, 2.75) is 58.8 Å². The first-order chi connectivity index (χ1) is 16.1. The largest absolute Gasteiger partial charge is 0.494 e. The smallest absolute Gasteiger partial charge is 0.167 e. The van der Waals surface area contributed by atoms with E-state index in [1.807, 2.05) is 25.1 Å². The summed E-state index contributed by atoms with van der Waals surface area (Å²) in [6.45, 7) is 5.48. The highest BCUT2D eigenvalue weighted by Gasteiger charge is 2.16. The Kier molecular flexibility index (Phi) is 9.74. The van der Waals surface area contributed by atoms with E-state index < -0.39 is 11.6 Å². The molecule has 3 rings (SSSR count). The highest BCUT2D eigenvalue weighted by Crippen LogP contribution is 2.33. The van der Waals surface area contributed by atoms with Gasteiger partial charge in [-0.05, 0) is 48.2 Å². The second-order valence-corrected chi connectivity index (χ2v) is 8.31. The van der Waals surface area contributed by atoms with Gasteiger partial charge in [0.25, 0.3) is 0 Å². The van der Waals surface area contributed by atoms with Crippen molar-refractivity contribution < 1.29 is 18.3 Å². The normalized spacial score (nSPS) is 10.9. The average Bonchev–Trinajstić information content (AvgIpc) is 2.84. The number of unbranched alkanes of at least 4 members (excludes halogenated alkanes) is 5. The maximum atomic E-state index is 15.0. The molecule has 0 aromatic heterocycles. The molecule has 0 heterocycles. The van der Waals surface area contributed by atoms with Crippen molar-refractivity contribution in [1.82, 2.24) is 0 Å². The summed E-state index contributed by atoms with van der Waals surface area (Å²) >= 11 is 0. The predicted molar refractivity (Wildman–Crippen MR) is 132 cm³/mol. The van der Waals surface area contributed by atoms with Crippen molar-refractivity contribution in [2.75, 3.05) is 13.2 Å². The van der Waals surface area contributed by atoms with Crippen LogP contribution in [0, 0.1) is 11.6 Å². The van der Waals surface area contributed by atoms with E-state index in [9.17, 15) is 8.78 Å². The zero-order chi connectivity index (χ0) is 23.5. The van der Waals surface area contributed by atoms with Gasteiger partial charge in [0.05, 0.1) is 13.2 Å². The average molecular weight is 453 g/mol. The van der Waals surface area contributed by atoms with Crippen LogP contribution in [0.2, 0.25) is 0 Å². The lowest BCUT2D eigenvalue weighted by Crippen LogP contribution is -1.98. The minimum atomic E-state index is -0.858. The molecule has 0 saturated heterocycles. The summed E-state index contributed by atoms with van der Waals surface area (Å²) in [5.74, 6) is -0.319. The maximum absolute atomic E-state index is 15.0. The van der Waals surface area contributed by atoms with E-state index in [-0.39, 0.29) is 11.1 Å². The molecular weight excluding hydrogens is 418 g/mol. The van der Waals surface area contributed by atoms with Crippen molar-refractivity contribution in [2.24, 2.45) is 0 Å². The number of hydrogen-bond donors (Lipinski definition) is 0. The first-order valence-electron chi connectivity index (χ1n) is 12.1. The van der Waals surface area contributed by atoms with Crippen LogP contribution in [0.5, 0.6) is 11.5 Å². The van der Waals surface area contributed by atoms with Gasteiger partial charge < -0.3 is 9.47 Å². The van der Waals surface area contributed by atoms with Crippen LogP contribution in [0.4, 0.5) is 8.78 Å². The van der Waals surface area contributed by atoms with Crippen molar-refractivity contribution in [3.8, 4) is 33.8 Å². The Morgan fingerprint density at radius 1 is 0.576 bits per heavy atom. The molecule has 0 aliphatic carbocycles. The lowest BCUT2D eigenvalue weighted by atomic mass is 9.98. The molecule has 0 atom stereocenters. The van der Waals surface area contributed by atoms with Crippen molar-refractivity contribution in [3.63, 3.8) is 0 Å². The van der Waals surface area contributed by atoms with E-state index in [2.05, 4.69) is 6.92 Å². The molecule has 0 amide bonds. The second kappa shape index (κ2) is 13.0. The van der Waals surface area contributed by atoms with Crippen LogP contribution >= 0.6 is 0 Å². The molecule has 0 aliphatic heterocycles. The maximum Gasteiger partial charge on any atom is 0.167 e. The van der Waals surface area contributed by atoms with Gasteiger partial charge in [0.1, 0.15) is 11.5 Å². The molecule has 0 saturated carbocycles. The molecule has 2 nitrogen and oxygen atoms in total. The fourth-order valence-electron chi connectivity index (χ4n) is 3.77. The molecule has 176 valence electrons. The molecule has 0 N–H and O–H groups in total. The molecular formula is C29H34F2O2. The Bertz CT molecular complexity index is 999. The van der Waals surface area contributed by atoms with Crippen LogP contribution in [0.3, 0.4) is 0 Å². The Morgan fingerprint density at radius 3 is 1.91 bits per heavy atom. The van der Waals surface area contributed by atoms with Crippen LogP contribution in [0.1, 0.15) is 58.8 Å². The van der Waals surface area contributed by atoms with Crippen LogP contribution < -0.4 is 9.47 Å². The van der Waals surface area contributed by atoms with Gasteiger partial charge >= 0.3 is 0 Å². The third kappa shape index (κ3) is 7.05. The minimum absolute atomic E-state index is 0.220. The van der Waals surface area contributed by atoms with E-state index in [4.69, 9.17) is 9.47 Å². The van der Waals surface area contributed by atoms with Crippen LogP contribution in [-0.2, 0) is 0 Å². The van der Waals surface area contributed by atoms with E-state index in [0.717, 1.165) is 18.6 Å². The molecule has 0 spiro atoms. The quantitative estimate of drug-likeness (QED) is 0.241. The number of hydrogen-bond acceptors (Lipinski definition) is 2. The molecule has 0 bridgehead atoms. The summed E-state index contributed by atoms with van der Waals surface area (Å²) in [6.07, 6.45) is 8.14. The van der Waals surface area contributed by atoms with Crippen LogP contribution in [-0.4, -0.2) is 13.2 Å². The number of benzene rings is 3. The van der Waals surface area contributed by atoms with E-state index in [0.29, 0.717) is 30.1 Å². The van der Waals surface area contributed by atoms with Gasteiger partial charge in [0, 0.05) is 11.1 Å². The molecule has 0 radical (unpaired) electrons. The van der Waals surface area contributed by atoms with Crippen molar-refractivity contribution in [3.05, 3.63) is 72.3 Å². The van der Waals surface area contributed by atoms with Gasteiger partial charge in [0.15, 0.2) is 11.6 Å².